The van der Waals surface area contributed by atoms with Crippen LogP contribution in [0, 0.1) is 11.8 Å². The zero-order valence-electron chi connectivity index (χ0n) is 35.2. The smallest absolute Gasteiger partial charge is 0.306 e. The van der Waals surface area contributed by atoms with Crippen molar-refractivity contribution >= 4 is 5.97 Å². The van der Waals surface area contributed by atoms with Gasteiger partial charge in [-0.1, -0.05) is 278 Å². The van der Waals surface area contributed by atoms with Crippen molar-refractivity contribution in [3.63, 3.8) is 0 Å². The largest absolute Gasteiger partial charge is 0.481 e. The van der Waals surface area contributed by atoms with Gasteiger partial charge < -0.3 is 5.11 Å². The number of carbonyl (C=O) groups is 1. The van der Waals surface area contributed by atoms with Crippen molar-refractivity contribution in [1.29, 1.82) is 0 Å². The minimum absolute atomic E-state index is 0.104. The van der Waals surface area contributed by atoms with Crippen LogP contribution < -0.4 is 0 Å². The summed E-state index contributed by atoms with van der Waals surface area (Å²) in [6.45, 7) is 6.92. The van der Waals surface area contributed by atoms with Crippen LogP contribution >= 0.6 is 0 Å². The molecular weight excluding hydrogens is 609 g/mol. The van der Waals surface area contributed by atoms with Gasteiger partial charge in [-0.15, -0.1) is 0 Å². The monoisotopic (exact) mass is 705 g/mol. The highest BCUT2D eigenvalue weighted by Gasteiger charge is 2.16. The third-order valence-corrected chi connectivity index (χ3v) is 11.9. The average Bonchev–Trinajstić information content (AvgIpc) is 3.11. The van der Waals surface area contributed by atoms with Crippen molar-refractivity contribution < 1.29 is 9.90 Å². The van der Waals surface area contributed by atoms with Gasteiger partial charge in [0.1, 0.15) is 0 Å². The zero-order chi connectivity index (χ0) is 36.4. The fraction of sp³-hybridized carbons (Fsp3) is 0.979. The van der Waals surface area contributed by atoms with Crippen LogP contribution in [0.3, 0.4) is 0 Å². The van der Waals surface area contributed by atoms with E-state index >= 15 is 0 Å². The molecule has 0 aromatic rings. The molecule has 0 fully saturated rings. The van der Waals surface area contributed by atoms with Crippen molar-refractivity contribution in [3.05, 3.63) is 0 Å². The summed E-state index contributed by atoms with van der Waals surface area (Å²) in [5.74, 6) is 0.319. The molecule has 0 saturated heterocycles. The molecule has 0 bridgehead atoms. The second kappa shape index (κ2) is 42.9. The highest BCUT2D eigenvalue weighted by Crippen LogP contribution is 2.25. The van der Waals surface area contributed by atoms with Crippen molar-refractivity contribution in [3.8, 4) is 0 Å². The van der Waals surface area contributed by atoms with Crippen LogP contribution in [-0.4, -0.2) is 11.1 Å². The van der Waals surface area contributed by atoms with Crippen LogP contribution in [0.5, 0.6) is 0 Å². The van der Waals surface area contributed by atoms with Gasteiger partial charge in [0.15, 0.2) is 0 Å². The standard InChI is InChI=1S/C48H96O2/c1-4-7-10-13-15-17-19-20-21-22-23-24-25-28-32-37-42-46(41-36-12-9-6-3)43-38-33-29-27-31-35-40-45-47(48(49)50)44-39-34-30-26-18-16-14-11-8-5-2/h46-47H,4-45H2,1-3H3,(H,49,50). The topological polar surface area (TPSA) is 37.3 Å². The maximum absolute atomic E-state index is 11.8. The minimum Gasteiger partial charge on any atom is -0.481 e. The van der Waals surface area contributed by atoms with Gasteiger partial charge in [-0.3, -0.25) is 4.79 Å². The highest BCUT2D eigenvalue weighted by molar-refractivity contribution is 5.69. The first-order valence-corrected chi connectivity index (χ1v) is 23.9. The fourth-order valence-electron chi connectivity index (χ4n) is 8.25. The van der Waals surface area contributed by atoms with E-state index in [9.17, 15) is 9.90 Å². The molecule has 2 heteroatoms. The summed E-state index contributed by atoms with van der Waals surface area (Å²) in [6.07, 6.45) is 57.6. The van der Waals surface area contributed by atoms with Crippen LogP contribution in [0.1, 0.15) is 290 Å². The molecule has 0 spiro atoms. The minimum atomic E-state index is -0.551. The SMILES string of the molecule is CCCCCCCCCCCCCCCCCCC(CCCCCC)CCCCCCCCCC(CCCCCCCCCCCC)C(=O)O. The maximum atomic E-state index is 11.8. The van der Waals surface area contributed by atoms with Crippen LogP contribution in [-0.2, 0) is 4.79 Å². The quantitative estimate of drug-likeness (QED) is 0.0641. The van der Waals surface area contributed by atoms with Crippen molar-refractivity contribution in [1.82, 2.24) is 0 Å². The lowest BCUT2D eigenvalue weighted by Gasteiger charge is -2.17. The lowest BCUT2D eigenvalue weighted by Crippen LogP contribution is -2.13. The Morgan fingerprint density at radius 3 is 0.700 bits per heavy atom. The number of hydrogen-bond donors (Lipinski definition) is 1. The maximum Gasteiger partial charge on any atom is 0.306 e. The van der Waals surface area contributed by atoms with Crippen LogP contribution in [0.25, 0.3) is 0 Å². The molecule has 0 amide bonds. The van der Waals surface area contributed by atoms with Crippen LogP contribution in [0.4, 0.5) is 0 Å². The molecule has 0 radical (unpaired) electrons. The van der Waals surface area contributed by atoms with Gasteiger partial charge in [0.2, 0.25) is 0 Å². The Kier molecular flexibility index (Phi) is 42.4. The molecule has 1 N–H and O–H groups in total. The summed E-state index contributed by atoms with van der Waals surface area (Å²) >= 11 is 0. The van der Waals surface area contributed by atoms with E-state index in [1.54, 1.807) is 0 Å². The lowest BCUT2D eigenvalue weighted by atomic mass is 9.89. The van der Waals surface area contributed by atoms with Gasteiger partial charge in [0, 0.05) is 0 Å². The molecule has 0 heterocycles. The molecule has 300 valence electrons. The Balaban J connectivity index is 3.81. The number of aliphatic carboxylic acids is 1. The number of carboxylic acids is 1. The van der Waals surface area contributed by atoms with Crippen molar-refractivity contribution in [2.24, 2.45) is 11.8 Å². The third-order valence-electron chi connectivity index (χ3n) is 11.9. The first-order valence-electron chi connectivity index (χ1n) is 23.9. The molecule has 0 rings (SSSR count). The number of rotatable bonds is 44. The molecular formula is C48H96O2. The van der Waals surface area contributed by atoms with E-state index in [0.717, 1.165) is 31.6 Å². The Labute approximate surface area is 317 Å². The Bertz CT molecular complexity index is 630. The molecule has 50 heavy (non-hydrogen) atoms. The van der Waals surface area contributed by atoms with Gasteiger partial charge in [-0.2, -0.15) is 0 Å². The van der Waals surface area contributed by atoms with E-state index in [1.807, 2.05) is 0 Å². The van der Waals surface area contributed by atoms with E-state index in [2.05, 4.69) is 20.8 Å². The second-order valence-electron chi connectivity index (χ2n) is 16.9. The normalized spacial score (nSPS) is 12.9. The van der Waals surface area contributed by atoms with Gasteiger partial charge in [-0.05, 0) is 18.8 Å². The van der Waals surface area contributed by atoms with E-state index in [4.69, 9.17) is 0 Å². The molecule has 0 aromatic heterocycles. The molecule has 0 aromatic carbocycles. The molecule has 2 unspecified atom stereocenters. The van der Waals surface area contributed by atoms with E-state index < -0.39 is 5.97 Å². The first-order chi connectivity index (χ1) is 24.7. The number of carboxylic acid groups (broad SMARTS) is 1. The fourth-order valence-corrected chi connectivity index (χ4v) is 8.25. The summed E-state index contributed by atoms with van der Waals surface area (Å²) in [5, 5.41) is 9.71. The molecule has 0 aliphatic rings. The highest BCUT2D eigenvalue weighted by atomic mass is 16.4. The van der Waals surface area contributed by atoms with Crippen molar-refractivity contribution in [2.75, 3.05) is 0 Å². The molecule has 0 aliphatic carbocycles. The summed E-state index contributed by atoms with van der Waals surface area (Å²) in [4.78, 5) is 11.8. The van der Waals surface area contributed by atoms with Crippen molar-refractivity contribution in [2.45, 2.75) is 290 Å². The van der Waals surface area contributed by atoms with Gasteiger partial charge in [0.05, 0.1) is 5.92 Å². The van der Waals surface area contributed by atoms with Gasteiger partial charge in [0.25, 0.3) is 0 Å². The van der Waals surface area contributed by atoms with Gasteiger partial charge >= 0.3 is 5.97 Å². The van der Waals surface area contributed by atoms with Crippen LogP contribution in [0.15, 0.2) is 0 Å². The number of hydrogen-bond acceptors (Lipinski definition) is 1. The Hall–Kier alpha value is -0.530. The van der Waals surface area contributed by atoms with Gasteiger partial charge in [-0.25, -0.2) is 0 Å². The number of unbranched alkanes of at least 4 members (excludes halogenated alkanes) is 33. The molecule has 2 nitrogen and oxygen atoms in total. The summed E-state index contributed by atoms with van der Waals surface area (Å²) in [6, 6.07) is 0. The molecule has 0 saturated carbocycles. The second-order valence-corrected chi connectivity index (χ2v) is 16.9. The molecule has 0 aliphatic heterocycles. The van der Waals surface area contributed by atoms with Crippen LogP contribution in [0.2, 0.25) is 0 Å². The first kappa shape index (κ1) is 49.5. The summed E-state index contributed by atoms with van der Waals surface area (Å²) in [7, 11) is 0. The predicted octanol–water partition coefficient (Wildman–Crippen LogP) is 17.7. The lowest BCUT2D eigenvalue weighted by molar-refractivity contribution is -0.142. The summed E-state index contributed by atoms with van der Waals surface area (Å²) < 4.78 is 0. The third kappa shape index (κ3) is 38.7. The summed E-state index contributed by atoms with van der Waals surface area (Å²) in [5.41, 5.74) is 0. The van der Waals surface area contributed by atoms with E-state index in [1.165, 1.54) is 244 Å². The predicted molar refractivity (Wildman–Crippen MR) is 226 cm³/mol. The Morgan fingerprint density at radius 2 is 0.480 bits per heavy atom. The zero-order valence-corrected chi connectivity index (χ0v) is 35.2. The molecule has 2 atom stereocenters. The van der Waals surface area contributed by atoms with E-state index in [0.29, 0.717) is 0 Å². The average molecular weight is 705 g/mol. The Morgan fingerprint density at radius 1 is 0.300 bits per heavy atom. The van der Waals surface area contributed by atoms with E-state index in [-0.39, 0.29) is 5.92 Å².